The third-order valence-electron chi connectivity index (χ3n) is 6.89. The lowest BCUT2D eigenvalue weighted by molar-refractivity contribution is -0.143. The van der Waals surface area contributed by atoms with Gasteiger partial charge < -0.3 is 14.6 Å². The van der Waals surface area contributed by atoms with Crippen molar-refractivity contribution in [3.8, 4) is 23.1 Å². The van der Waals surface area contributed by atoms with Crippen molar-refractivity contribution < 1.29 is 19.4 Å². The van der Waals surface area contributed by atoms with E-state index in [1.807, 2.05) is 26.1 Å². The maximum absolute atomic E-state index is 11.4. The van der Waals surface area contributed by atoms with E-state index in [1.54, 1.807) is 4.68 Å². The molecule has 3 aromatic heterocycles. The highest BCUT2D eigenvalue weighted by Gasteiger charge is 2.28. The number of aryl methyl sites for hydroxylation is 2. The van der Waals surface area contributed by atoms with Crippen LogP contribution in [0.25, 0.3) is 11.4 Å². The number of rotatable bonds is 9. The lowest BCUT2D eigenvalue weighted by Crippen LogP contribution is -2.29. The molecule has 0 aromatic carbocycles. The number of carboxylic acids is 1. The molecular weight excluding hydrogens is 452 g/mol. The highest BCUT2D eigenvalue weighted by molar-refractivity contribution is 5.70. The minimum atomic E-state index is -0.752. The molecule has 0 unspecified atom stereocenters. The van der Waals surface area contributed by atoms with E-state index in [0.717, 1.165) is 18.5 Å². The number of nitrogens with zero attached hydrogens (tertiary/aromatic N) is 8. The summed E-state index contributed by atoms with van der Waals surface area (Å²) < 4.78 is 13.5. The Morgan fingerprint density at radius 1 is 1.14 bits per heavy atom. The van der Waals surface area contributed by atoms with Gasteiger partial charge in [-0.05, 0) is 68.7 Å². The molecule has 0 aliphatic heterocycles. The lowest BCUT2D eigenvalue weighted by Gasteiger charge is -2.27. The number of aromatic nitrogens is 8. The van der Waals surface area contributed by atoms with Crippen molar-refractivity contribution in [1.82, 2.24) is 40.2 Å². The van der Waals surface area contributed by atoms with E-state index < -0.39 is 5.97 Å². The number of hydrogen-bond donors (Lipinski definition) is 1. The van der Waals surface area contributed by atoms with Gasteiger partial charge in [0.15, 0.2) is 0 Å². The van der Waals surface area contributed by atoms with Gasteiger partial charge in [-0.2, -0.15) is 4.80 Å². The Balaban J connectivity index is 1.27. The van der Waals surface area contributed by atoms with Crippen LogP contribution in [0.2, 0.25) is 0 Å². The molecule has 0 amide bonds. The van der Waals surface area contributed by atoms with E-state index in [2.05, 4.69) is 25.7 Å². The first-order valence-electron chi connectivity index (χ1n) is 12.1. The smallest absolute Gasteiger partial charge is 0.356 e. The van der Waals surface area contributed by atoms with Crippen LogP contribution >= 0.6 is 0 Å². The second-order valence-electron chi connectivity index (χ2n) is 9.44. The highest BCUT2D eigenvalue weighted by Crippen LogP contribution is 2.31. The molecule has 3 aromatic rings. The highest BCUT2D eigenvalue weighted by atomic mass is 16.5. The van der Waals surface area contributed by atoms with Crippen LogP contribution in [-0.4, -0.2) is 64.0 Å². The summed E-state index contributed by atoms with van der Waals surface area (Å²) in [6.07, 6.45) is 6.43. The first-order chi connectivity index (χ1) is 17.0. The van der Waals surface area contributed by atoms with Crippen LogP contribution in [0, 0.1) is 18.8 Å². The van der Waals surface area contributed by atoms with Gasteiger partial charge in [-0.15, -0.1) is 5.10 Å². The minimum Gasteiger partial charge on any atom is -0.489 e. The topological polar surface area (TPSA) is 143 Å². The Morgan fingerprint density at radius 3 is 2.71 bits per heavy atom. The number of tetrazole rings is 1. The molecule has 12 heteroatoms. The zero-order valence-electron chi connectivity index (χ0n) is 20.0. The largest absolute Gasteiger partial charge is 0.489 e. The first-order valence-corrected chi connectivity index (χ1v) is 12.1. The van der Waals surface area contributed by atoms with Crippen molar-refractivity contribution in [2.24, 2.45) is 18.9 Å². The molecule has 12 nitrogen and oxygen atoms in total. The van der Waals surface area contributed by atoms with Gasteiger partial charge in [0.1, 0.15) is 18.0 Å². The van der Waals surface area contributed by atoms with Gasteiger partial charge in [0.05, 0.1) is 35.7 Å². The first kappa shape index (κ1) is 23.2. The maximum Gasteiger partial charge on any atom is 0.356 e. The molecule has 2 aliphatic rings. The van der Waals surface area contributed by atoms with Gasteiger partial charge in [-0.3, -0.25) is 4.79 Å². The summed E-state index contributed by atoms with van der Waals surface area (Å²) >= 11 is 0. The van der Waals surface area contributed by atoms with Gasteiger partial charge in [-0.1, -0.05) is 21.8 Å². The number of hydrogen-bond acceptors (Lipinski definition) is 9. The Kier molecular flexibility index (Phi) is 6.60. The van der Waals surface area contributed by atoms with Crippen LogP contribution in [0.4, 0.5) is 0 Å². The molecule has 2 fully saturated rings. The monoisotopic (exact) mass is 482 g/mol. The number of pyridine rings is 1. The molecule has 0 saturated heterocycles. The van der Waals surface area contributed by atoms with Crippen LogP contribution in [0.15, 0.2) is 12.1 Å². The average molecular weight is 483 g/mol. The van der Waals surface area contributed by atoms with Crippen molar-refractivity contribution in [3.63, 3.8) is 0 Å². The minimum absolute atomic E-state index is 0.123. The molecule has 1 N–H and O–H groups in total. The van der Waals surface area contributed by atoms with Crippen molar-refractivity contribution >= 4 is 5.97 Å². The normalized spacial score (nSPS) is 20.4. The zero-order valence-corrected chi connectivity index (χ0v) is 20.0. The standard InChI is InChI=1S/C23H30N8O4/c1-14-20(35-17-8-4-7-16(11-17)22(32)33)10-9-18(24-14)21-19(30(2)28-25-21)12-31-27-23(26-29-31)34-13-15-5-3-6-15/h9-10,15-17H,3-8,11-13H2,1-2H3,(H,32,33)/t16-,17-/m0/s1. The number of ether oxygens (including phenoxy) is 2. The third kappa shape index (κ3) is 5.25. The predicted molar refractivity (Wildman–Crippen MR) is 123 cm³/mol. The molecule has 2 atom stereocenters. The van der Waals surface area contributed by atoms with Crippen LogP contribution < -0.4 is 9.47 Å². The molecular formula is C23H30N8O4. The van der Waals surface area contributed by atoms with Gasteiger partial charge in [0, 0.05) is 7.05 Å². The Hall–Kier alpha value is -3.57. The van der Waals surface area contributed by atoms with E-state index in [1.165, 1.54) is 24.1 Å². The van der Waals surface area contributed by atoms with Gasteiger partial charge >= 0.3 is 12.0 Å². The van der Waals surface area contributed by atoms with E-state index >= 15 is 0 Å². The molecule has 0 bridgehead atoms. The van der Waals surface area contributed by atoms with Crippen LogP contribution in [0.3, 0.4) is 0 Å². The molecule has 35 heavy (non-hydrogen) atoms. The van der Waals surface area contributed by atoms with Crippen LogP contribution in [-0.2, 0) is 18.4 Å². The van der Waals surface area contributed by atoms with Crippen molar-refractivity contribution in [1.29, 1.82) is 0 Å². The average Bonchev–Trinajstić information content (AvgIpc) is 3.41. The quantitative estimate of drug-likeness (QED) is 0.483. The van der Waals surface area contributed by atoms with E-state index in [0.29, 0.717) is 54.7 Å². The Morgan fingerprint density at radius 2 is 1.97 bits per heavy atom. The fraction of sp³-hybridized carbons (Fsp3) is 0.609. The van der Waals surface area contributed by atoms with Crippen molar-refractivity contribution in [2.45, 2.75) is 64.5 Å². The van der Waals surface area contributed by atoms with Crippen LogP contribution in [0.1, 0.15) is 56.3 Å². The maximum atomic E-state index is 11.4. The number of aliphatic carboxylic acids is 1. The van der Waals surface area contributed by atoms with E-state index in [-0.39, 0.29) is 18.0 Å². The Labute approximate surface area is 202 Å². The summed E-state index contributed by atoms with van der Waals surface area (Å²) in [7, 11) is 1.81. The molecule has 0 radical (unpaired) electrons. The second-order valence-corrected chi connectivity index (χ2v) is 9.44. The summed E-state index contributed by atoms with van der Waals surface area (Å²) in [6.45, 7) is 2.81. The summed E-state index contributed by atoms with van der Waals surface area (Å²) in [4.78, 5) is 17.5. The zero-order chi connectivity index (χ0) is 24.4. The lowest BCUT2D eigenvalue weighted by atomic mass is 9.86. The summed E-state index contributed by atoms with van der Waals surface area (Å²) in [6, 6.07) is 3.98. The predicted octanol–water partition coefficient (Wildman–Crippen LogP) is 2.42. The number of carboxylic acid groups (broad SMARTS) is 1. The van der Waals surface area contributed by atoms with Gasteiger partial charge in [0.2, 0.25) is 0 Å². The van der Waals surface area contributed by atoms with Gasteiger partial charge in [0.25, 0.3) is 0 Å². The molecule has 0 spiro atoms. The summed E-state index contributed by atoms with van der Waals surface area (Å²) in [5.74, 6) is 0.143. The molecule has 2 aliphatic carbocycles. The summed E-state index contributed by atoms with van der Waals surface area (Å²) in [5.41, 5.74) is 2.78. The molecule has 5 rings (SSSR count). The fourth-order valence-corrected chi connectivity index (χ4v) is 4.55. The van der Waals surface area contributed by atoms with Crippen LogP contribution in [0.5, 0.6) is 11.8 Å². The van der Waals surface area contributed by atoms with Crippen molar-refractivity contribution in [2.75, 3.05) is 6.61 Å². The van der Waals surface area contributed by atoms with Gasteiger partial charge in [-0.25, -0.2) is 9.67 Å². The Bertz CT molecular complexity index is 1190. The SMILES string of the molecule is Cc1nc(-c2nnn(C)c2Cn2nnc(OCC3CCC3)n2)ccc1O[C@H]1CCC[C@H](C(=O)O)C1. The summed E-state index contributed by atoms with van der Waals surface area (Å²) in [5, 5.41) is 30.2. The van der Waals surface area contributed by atoms with Crippen molar-refractivity contribution in [3.05, 3.63) is 23.5 Å². The van der Waals surface area contributed by atoms with E-state index in [9.17, 15) is 9.90 Å². The van der Waals surface area contributed by atoms with E-state index in [4.69, 9.17) is 14.5 Å². The second kappa shape index (κ2) is 9.96. The molecule has 2 saturated carbocycles. The molecule has 186 valence electrons. The molecule has 3 heterocycles. The third-order valence-corrected chi connectivity index (χ3v) is 6.89. The number of carbonyl (C=O) groups is 1. The fourth-order valence-electron chi connectivity index (χ4n) is 4.55.